The minimum Gasteiger partial charge on any atom is -0.354 e. The van der Waals surface area contributed by atoms with Crippen LogP contribution in [-0.4, -0.2) is 44.3 Å². The lowest BCUT2D eigenvalue weighted by Crippen LogP contribution is -2.53. The number of rotatable bonds is 13. The van der Waals surface area contributed by atoms with E-state index in [1.54, 1.807) is 43.3 Å². The van der Waals surface area contributed by atoms with E-state index in [2.05, 4.69) is 5.32 Å². The van der Waals surface area contributed by atoms with Crippen molar-refractivity contribution in [1.82, 2.24) is 10.2 Å². The molecule has 0 aliphatic heterocycles. The van der Waals surface area contributed by atoms with Crippen LogP contribution in [0.1, 0.15) is 36.1 Å². The molecule has 4 rings (SSSR count). The molecule has 2 amide bonds. The van der Waals surface area contributed by atoms with Gasteiger partial charge in [-0.3, -0.25) is 13.9 Å². The van der Waals surface area contributed by atoms with Gasteiger partial charge < -0.3 is 10.2 Å². The second kappa shape index (κ2) is 15.2. The van der Waals surface area contributed by atoms with Crippen LogP contribution in [0.2, 0.25) is 5.02 Å². The number of hydrogen-bond donors (Lipinski definition) is 1. The summed E-state index contributed by atoms with van der Waals surface area (Å²) < 4.78 is 29.4. The molecule has 0 unspecified atom stereocenters. The highest BCUT2D eigenvalue weighted by molar-refractivity contribution is 7.92. The molecule has 0 radical (unpaired) electrons. The summed E-state index contributed by atoms with van der Waals surface area (Å²) >= 11 is 6.23. The smallest absolute Gasteiger partial charge is 0.264 e. The Hall–Kier alpha value is -4.14. The Labute approximate surface area is 271 Å². The maximum Gasteiger partial charge on any atom is 0.264 e. The van der Waals surface area contributed by atoms with Gasteiger partial charge >= 0.3 is 0 Å². The van der Waals surface area contributed by atoms with Crippen LogP contribution >= 0.6 is 11.6 Å². The van der Waals surface area contributed by atoms with Gasteiger partial charge in [-0.25, -0.2) is 8.42 Å². The Kier molecular flexibility index (Phi) is 11.4. The molecule has 7 nitrogen and oxygen atoms in total. The van der Waals surface area contributed by atoms with Crippen LogP contribution in [0.3, 0.4) is 0 Å². The summed E-state index contributed by atoms with van der Waals surface area (Å²) in [7, 11) is -4.18. The number of nitrogens with zero attached hydrogens (tertiary/aromatic N) is 2. The van der Waals surface area contributed by atoms with E-state index in [1.807, 2.05) is 75.4 Å². The van der Waals surface area contributed by atoms with Crippen molar-refractivity contribution in [2.45, 2.75) is 51.6 Å². The second-order valence-electron chi connectivity index (χ2n) is 11.6. The van der Waals surface area contributed by atoms with Crippen molar-refractivity contribution in [1.29, 1.82) is 0 Å². The van der Waals surface area contributed by atoms with Gasteiger partial charge in [0, 0.05) is 24.5 Å². The summed E-state index contributed by atoms with van der Waals surface area (Å²) in [6, 6.07) is 29.2. The molecule has 4 aromatic carbocycles. The summed E-state index contributed by atoms with van der Waals surface area (Å²) in [6.07, 6.45) is 0.258. The van der Waals surface area contributed by atoms with E-state index in [0.717, 1.165) is 21.0 Å². The van der Waals surface area contributed by atoms with Crippen LogP contribution in [0.15, 0.2) is 108 Å². The number of benzene rings is 4. The molecule has 0 bridgehead atoms. The average molecular weight is 646 g/mol. The minimum absolute atomic E-state index is 0.0490. The number of aryl methyl sites for hydroxylation is 2. The normalized spacial score (nSPS) is 12.0. The van der Waals surface area contributed by atoms with E-state index in [1.165, 1.54) is 17.0 Å². The Balaban J connectivity index is 1.82. The van der Waals surface area contributed by atoms with Gasteiger partial charge in [-0.15, -0.1) is 0 Å². The molecule has 4 aromatic rings. The van der Waals surface area contributed by atoms with E-state index in [0.29, 0.717) is 22.8 Å². The molecule has 1 N–H and O–H groups in total. The van der Waals surface area contributed by atoms with Crippen molar-refractivity contribution in [3.05, 3.63) is 130 Å². The second-order valence-corrected chi connectivity index (χ2v) is 13.9. The van der Waals surface area contributed by atoms with Crippen LogP contribution in [0.5, 0.6) is 0 Å². The number of hydrogen-bond acceptors (Lipinski definition) is 4. The average Bonchev–Trinajstić information content (AvgIpc) is 3.01. The first-order chi connectivity index (χ1) is 21.5. The summed E-state index contributed by atoms with van der Waals surface area (Å²) in [4.78, 5) is 30.0. The highest BCUT2D eigenvalue weighted by atomic mass is 35.5. The lowest BCUT2D eigenvalue weighted by atomic mass is 10.0. The monoisotopic (exact) mass is 645 g/mol. The summed E-state index contributed by atoms with van der Waals surface area (Å²) in [5, 5.41) is 3.46. The fourth-order valence-electron chi connectivity index (χ4n) is 5.12. The topological polar surface area (TPSA) is 86.8 Å². The maximum atomic E-state index is 14.6. The molecule has 236 valence electrons. The van der Waals surface area contributed by atoms with E-state index < -0.39 is 28.5 Å². The van der Waals surface area contributed by atoms with Gasteiger partial charge in [-0.1, -0.05) is 104 Å². The highest BCUT2D eigenvalue weighted by Crippen LogP contribution is 2.29. The predicted molar refractivity (Wildman–Crippen MR) is 181 cm³/mol. The van der Waals surface area contributed by atoms with Crippen LogP contribution in [0, 0.1) is 19.8 Å². The summed E-state index contributed by atoms with van der Waals surface area (Å²) in [5.74, 6) is -0.605. The predicted octanol–water partition coefficient (Wildman–Crippen LogP) is 6.56. The maximum absolute atomic E-state index is 14.6. The first-order valence-electron chi connectivity index (χ1n) is 15.0. The zero-order valence-electron chi connectivity index (χ0n) is 26.1. The fourth-order valence-corrected chi connectivity index (χ4v) is 6.84. The standard InChI is InChI=1S/C36H40ClN3O4S/c1-26(2)23-38-36(42)34(22-29-13-7-5-8-14-29)39(24-30-15-11-12-27(3)20-30)35(41)25-40(33-19-18-31(37)21-28(33)4)45(43,44)32-16-9-6-10-17-32/h5-21,26,34H,22-25H2,1-4H3,(H,38,42)/t34-/m1/s1. The third-order valence-corrected chi connectivity index (χ3v) is 9.44. The number of nitrogens with one attached hydrogen (secondary N) is 1. The molecule has 0 aliphatic rings. The van der Waals surface area contributed by atoms with Gasteiger partial charge in [-0.05, 0) is 66.8 Å². The van der Waals surface area contributed by atoms with Crippen LogP contribution in [0.4, 0.5) is 5.69 Å². The molecule has 45 heavy (non-hydrogen) atoms. The van der Waals surface area contributed by atoms with Crippen LogP contribution < -0.4 is 9.62 Å². The van der Waals surface area contributed by atoms with Crippen molar-refractivity contribution in [2.24, 2.45) is 5.92 Å². The first-order valence-corrected chi connectivity index (χ1v) is 16.8. The Morgan fingerprint density at radius 3 is 2.09 bits per heavy atom. The zero-order valence-corrected chi connectivity index (χ0v) is 27.7. The highest BCUT2D eigenvalue weighted by Gasteiger charge is 2.35. The zero-order chi connectivity index (χ0) is 32.6. The van der Waals surface area contributed by atoms with E-state index in [9.17, 15) is 18.0 Å². The molecule has 0 aromatic heterocycles. The molecular weight excluding hydrogens is 606 g/mol. The number of anilines is 1. The Morgan fingerprint density at radius 1 is 0.822 bits per heavy atom. The lowest BCUT2D eigenvalue weighted by Gasteiger charge is -2.34. The molecule has 0 saturated carbocycles. The molecule has 0 spiro atoms. The van der Waals surface area contributed by atoms with Crippen molar-refractivity contribution in [2.75, 3.05) is 17.4 Å². The van der Waals surface area contributed by atoms with E-state index in [-0.39, 0.29) is 29.7 Å². The summed E-state index contributed by atoms with van der Waals surface area (Å²) in [5.41, 5.74) is 3.64. The van der Waals surface area contributed by atoms with E-state index in [4.69, 9.17) is 11.6 Å². The van der Waals surface area contributed by atoms with Crippen LogP contribution in [-0.2, 0) is 32.6 Å². The van der Waals surface area contributed by atoms with Gasteiger partial charge in [0.05, 0.1) is 10.6 Å². The number of carbonyl (C=O) groups excluding carboxylic acids is 2. The third-order valence-electron chi connectivity index (χ3n) is 7.43. The van der Waals surface area contributed by atoms with Crippen molar-refractivity contribution < 1.29 is 18.0 Å². The lowest BCUT2D eigenvalue weighted by molar-refractivity contribution is -0.140. The Morgan fingerprint density at radius 2 is 1.47 bits per heavy atom. The van der Waals surface area contributed by atoms with Gasteiger partial charge in [0.2, 0.25) is 11.8 Å². The van der Waals surface area contributed by atoms with Gasteiger partial charge in [-0.2, -0.15) is 0 Å². The molecule has 1 atom stereocenters. The Bertz CT molecular complexity index is 1710. The summed E-state index contributed by atoms with van der Waals surface area (Å²) in [6.45, 7) is 7.76. The van der Waals surface area contributed by atoms with Gasteiger partial charge in [0.15, 0.2) is 0 Å². The largest absolute Gasteiger partial charge is 0.354 e. The molecule has 0 saturated heterocycles. The fraction of sp³-hybridized carbons (Fsp3) is 0.278. The number of halogens is 1. The molecule has 0 fully saturated rings. The number of sulfonamides is 1. The molecule has 0 heterocycles. The SMILES string of the molecule is Cc1cccc(CN(C(=O)CN(c2ccc(Cl)cc2C)S(=O)(=O)c2ccccc2)[C@H](Cc2ccccc2)C(=O)NCC(C)C)c1. The number of amides is 2. The van der Waals surface area contributed by atoms with Crippen molar-refractivity contribution in [3.8, 4) is 0 Å². The molecule has 0 aliphatic carbocycles. The van der Waals surface area contributed by atoms with Crippen molar-refractivity contribution >= 4 is 39.1 Å². The molecular formula is C36H40ClN3O4S. The molecule has 9 heteroatoms. The van der Waals surface area contributed by atoms with Crippen molar-refractivity contribution in [3.63, 3.8) is 0 Å². The van der Waals surface area contributed by atoms with Crippen LogP contribution in [0.25, 0.3) is 0 Å². The van der Waals surface area contributed by atoms with Gasteiger partial charge in [0.1, 0.15) is 12.6 Å². The first kappa shape index (κ1) is 33.7. The minimum atomic E-state index is -4.18. The number of carbonyl (C=O) groups is 2. The van der Waals surface area contributed by atoms with E-state index >= 15 is 0 Å². The van der Waals surface area contributed by atoms with Gasteiger partial charge in [0.25, 0.3) is 10.0 Å². The third kappa shape index (κ3) is 8.96. The quantitative estimate of drug-likeness (QED) is 0.178.